The van der Waals surface area contributed by atoms with E-state index in [1.165, 1.54) is 22.6 Å². The Kier molecular flexibility index (Phi) is 5.37. The number of hydrogen-bond donors (Lipinski definition) is 2. The van der Waals surface area contributed by atoms with Crippen LogP contribution in [0.2, 0.25) is 0 Å². The van der Waals surface area contributed by atoms with E-state index in [4.69, 9.17) is 0 Å². The minimum Gasteiger partial charge on any atom is -0.356 e. The lowest BCUT2D eigenvalue weighted by atomic mass is 10.3. The number of rotatable bonds is 5. The van der Waals surface area contributed by atoms with Gasteiger partial charge in [-0.25, -0.2) is 8.42 Å². The minimum atomic E-state index is -3.39. The normalized spacial score (nSPS) is 20.4. The van der Waals surface area contributed by atoms with Gasteiger partial charge in [0, 0.05) is 44.0 Å². The Morgan fingerprint density at radius 3 is 2.95 bits per heavy atom. The highest BCUT2D eigenvalue weighted by molar-refractivity contribution is 7.91. The summed E-state index contributed by atoms with van der Waals surface area (Å²) < 4.78 is 27.1. The second kappa shape index (κ2) is 6.87. The molecule has 2 N–H and O–H groups in total. The fourth-order valence-electron chi connectivity index (χ4n) is 2.24. The topological polar surface area (TPSA) is 78.5 Å². The quantitative estimate of drug-likeness (QED) is 0.819. The van der Waals surface area contributed by atoms with E-state index in [0.717, 1.165) is 4.88 Å². The van der Waals surface area contributed by atoms with Crippen molar-refractivity contribution in [1.82, 2.24) is 14.9 Å². The van der Waals surface area contributed by atoms with Gasteiger partial charge in [-0.15, -0.1) is 11.3 Å². The van der Waals surface area contributed by atoms with E-state index in [2.05, 4.69) is 10.6 Å². The van der Waals surface area contributed by atoms with Crippen LogP contribution in [0, 0.1) is 0 Å². The van der Waals surface area contributed by atoms with Crippen LogP contribution >= 0.6 is 11.3 Å². The Morgan fingerprint density at radius 1 is 1.52 bits per heavy atom. The average molecular weight is 331 g/mol. The third kappa shape index (κ3) is 4.26. The molecule has 1 fully saturated rings. The van der Waals surface area contributed by atoms with Crippen LogP contribution in [-0.4, -0.2) is 50.9 Å². The molecule has 1 aliphatic rings. The number of carbonyl (C=O) groups excluding carboxylic acids is 1. The first-order valence-corrected chi connectivity index (χ1v) is 9.22. The fraction of sp³-hybridized carbons (Fsp3) is 0.615. The first-order chi connectivity index (χ1) is 9.89. The molecule has 0 bridgehead atoms. The van der Waals surface area contributed by atoms with Crippen LogP contribution < -0.4 is 10.6 Å². The molecule has 6 nitrogen and oxygen atoms in total. The van der Waals surface area contributed by atoms with Gasteiger partial charge in [-0.2, -0.15) is 4.31 Å². The van der Waals surface area contributed by atoms with Crippen molar-refractivity contribution >= 4 is 27.3 Å². The fourth-order valence-corrected chi connectivity index (χ4v) is 5.27. The molecule has 118 valence electrons. The van der Waals surface area contributed by atoms with Gasteiger partial charge in [-0.3, -0.25) is 4.79 Å². The second-order valence-electron chi connectivity index (χ2n) is 5.17. The summed E-state index contributed by atoms with van der Waals surface area (Å²) in [5.41, 5.74) is 0. The molecule has 1 unspecified atom stereocenters. The maximum atomic E-state index is 12.6. The van der Waals surface area contributed by atoms with Gasteiger partial charge < -0.3 is 10.6 Å². The second-order valence-corrected chi connectivity index (χ2v) is 8.51. The van der Waals surface area contributed by atoms with E-state index < -0.39 is 10.0 Å². The van der Waals surface area contributed by atoms with E-state index in [1.807, 2.05) is 13.0 Å². The zero-order valence-electron chi connectivity index (χ0n) is 12.3. The van der Waals surface area contributed by atoms with Crippen LogP contribution in [0.3, 0.4) is 0 Å². The summed E-state index contributed by atoms with van der Waals surface area (Å²) in [6.45, 7) is 5.67. The monoisotopic (exact) mass is 331 g/mol. The minimum absolute atomic E-state index is 0.0748. The predicted octanol–water partition coefficient (Wildman–Crippen LogP) is 0.409. The van der Waals surface area contributed by atoms with Crippen LogP contribution in [0.25, 0.3) is 0 Å². The van der Waals surface area contributed by atoms with E-state index in [0.29, 0.717) is 36.8 Å². The first kappa shape index (κ1) is 16.4. The van der Waals surface area contributed by atoms with Crippen LogP contribution in [0.4, 0.5) is 0 Å². The maximum absolute atomic E-state index is 12.6. The molecular formula is C13H21N3O3S2. The molecule has 1 amide bonds. The van der Waals surface area contributed by atoms with Crippen LogP contribution in [-0.2, 0) is 21.2 Å². The van der Waals surface area contributed by atoms with Gasteiger partial charge in [0.1, 0.15) is 4.21 Å². The lowest BCUT2D eigenvalue weighted by Gasteiger charge is -2.30. The van der Waals surface area contributed by atoms with Crippen molar-refractivity contribution in [1.29, 1.82) is 0 Å². The molecular weight excluding hydrogens is 310 g/mol. The van der Waals surface area contributed by atoms with Gasteiger partial charge in [-0.1, -0.05) is 0 Å². The molecule has 2 heterocycles. The van der Waals surface area contributed by atoms with E-state index in [9.17, 15) is 13.2 Å². The van der Waals surface area contributed by atoms with Crippen molar-refractivity contribution < 1.29 is 13.2 Å². The molecule has 2 rings (SSSR count). The molecule has 0 spiro atoms. The molecule has 0 saturated carbocycles. The van der Waals surface area contributed by atoms with Crippen LogP contribution in [0.1, 0.15) is 18.7 Å². The molecule has 0 aromatic carbocycles. The van der Waals surface area contributed by atoms with Crippen molar-refractivity contribution in [3.63, 3.8) is 0 Å². The summed E-state index contributed by atoms with van der Waals surface area (Å²) >= 11 is 1.29. The summed E-state index contributed by atoms with van der Waals surface area (Å²) in [7, 11) is -3.39. The van der Waals surface area contributed by atoms with Gasteiger partial charge in [-0.05, 0) is 25.5 Å². The highest BCUT2D eigenvalue weighted by Crippen LogP contribution is 2.25. The maximum Gasteiger partial charge on any atom is 0.252 e. The highest BCUT2D eigenvalue weighted by Gasteiger charge is 2.29. The third-order valence-corrected chi connectivity index (χ3v) is 6.79. The van der Waals surface area contributed by atoms with E-state index >= 15 is 0 Å². The molecule has 0 aliphatic carbocycles. The molecule has 1 aromatic rings. The van der Waals surface area contributed by atoms with Crippen molar-refractivity contribution in [3.8, 4) is 0 Å². The van der Waals surface area contributed by atoms with Crippen LogP contribution in [0.5, 0.6) is 0 Å². The summed E-state index contributed by atoms with van der Waals surface area (Å²) in [5, 5.41) is 5.95. The predicted molar refractivity (Wildman–Crippen MR) is 82.9 cm³/mol. The van der Waals surface area contributed by atoms with Gasteiger partial charge in [0.05, 0.1) is 0 Å². The highest BCUT2D eigenvalue weighted by atomic mass is 32.2. The molecule has 1 atom stereocenters. The Hall–Kier alpha value is -0.960. The van der Waals surface area contributed by atoms with E-state index in [-0.39, 0.29) is 11.9 Å². The Morgan fingerprint density at radius 2 is 2.29 bits per heavy atom. The zero-order chi connectivity index (χ0) is 15.5. The number of piperazine rings is 1. The molecule has 21 heavy (non-hydrogen) atoms. The number of thiophene rings is 1. The molecule has 8 heteroatoms. The van der Waals surface area contributed by atoms with Gasteiger partial charge in [0.25, 0.3) is 10.0 Å². The SMILES string of the molecule is CC(=O)NCCc1ccc(S(=O)(=O)N2CCNC(C)C2)s1. The third-order valence-electron chi connectivity index (χ3n) is 3.31. The number of hydrogen-bond acceptors (Lipinski definition) is 5. The smallest absolute Gasteiger partial charge is 0.252 e. The number of nitrogens with zero attached hydrogens (tertiary/aromatic N) is 1. The van der Waals surface area contributed by atoms with E-state index in [1.54, 1.807) is 6.07 Å². The summed E-state index contributed by atoms with van der Waals surface area (Å²) in [4.78, 5) is 11.8. The first-order valence-electron chi connectivity index (χ1n) is 6.96. The number of nitrogens with one attached hydrogen (secondary N) is 2. The molecule has 1 aromatic heterocycles. The van der Waals surface area contributed by atoms with Gasteiger partial charge in [0.15, 0.2) is 0 Å². The Bertz CT molecular complexity index is 598. The summed E-state index contributed by atoms with van der Waals surface area (Å²) in [5.74, 6) is -0.0748. The van der Waals surface area contributed by atoms with Crippen molar-refractivity contribution in [3.05, 3.63) is 17.0 Å². The number of carbonyl (C=O) groups is 1. The standard InChI is InChI=1S/C13H21N3O3S2/c1-10-9-16(8-7-14-10)21(18,19)13-4-3-12(20-13)5-6-15-11(2)17/h3-4,10,14H,5-9H2,1-2H3,(H,15,17). The lowest BCUT2D eigenvalue weighted by molar-refractivity contribution is -0.118. The summed E-state index contributed by atoms with van der Waals surface area (Å²) in [6.07, 6.45) is 0.651. The van der Waals surface area contributed by atoms with Crippen molar-refractivity contribution in [2.45, 2.75) is 30.5 Å². The Labute approximate surface area is 129 Å². The molecule has 1 aliphatic heterocycles. The number of sulfonamides is 1. The van der Waals surface area contributed by atoms with Gasteiger partial charge in [0.2, 0.25) is 5.91 Å². The molecule has 1 saturated heterocycles. The van der Waals surface area contributed by atoms with Gasteiger partial charge >= 0.3 is 0 Å². The average Bonchev–Trinajstić information content (AvgIpc) is 2.88. The Balaban J connectivity index is 2.03. The van der Waals surface area contributed by atoms with Crippen molar-refractivity contribution in [2.24, 2.45) is 0 Å². The van der Waals surface area contributed by atoms with Crippen LogP contribution in [0.15, 0.2) is 16.3 Å². The zero-order valence-corrected chi connectivity index (χ0v) is 13.9. The lowest BCUT2D eigenvalue weighted by Crippen LogP contribution is -2.51. The number of amides is 1. The largest absolute Gasteiger partial charge is 0.356 e. The molecule has 0 radical (unpaired) electrons. The van der Waals surface area contributed by atoms with Crippen molar-refractivity contribution in [2.75, 3.05) is 26.2 Å². The summed E-state index contributed by atoms with van der Waals surface area (Å²) in [6, 6.07) is 3.66.